The first-order chi connectivity index (χ1) is 16.1. The molecule has 0 aliphatic carbocycles. The van der Waals surface area contributed by atoms with Gasteiger partial charge in [-0.15, -0.1) is 0 Å². The van der Waals surface area contributed by atoms with E-state index in [1.54, 1.807) is 0 Å². The monoisotopic (exact) mass is 457 g/mol. The molecular weight excluding hydrogens is 418 g/mol. The molecule has 4 rings (SSSR count). The molecule has 182 valence electrons. The summed E-state index contributed by atoms with van der Waals surface area (Å²) in [4.78, 5) is 31.5. The summed E-state index contributed by atoms with van der Waals surface area (Å²) in [5.41, 5.74) is 1.02. The van der Waals surface area contributed by atoms with Crippen LogP contribution in [0.5, 0.6) is 0 Å². The third-order valence-electron chi connectivity index (χ3n) is 7.61. The van der Waals surface area contributed by atoms with Crippen molar-refractivity contribution in [3.05, 3.63) is 35.9 Å². The van der Waals surface area contributed by atoms with Crippen molar-refractivity contribution in [2.75, 3.05) is 45.9 Å². The Bertz CT molecular complexity index is 750. The third-order valence-corrected chi connectivity index (χ3v) is 7.61. The molecule has 0 spiro atoms. The molecule has 1 amide bonds. The fourth-order valence-electron chi connectivity index (χ4n) is 5.60. The Labute approximate surface area is 198 Å². The van der Waals surface area contributed by atoms with Crippen LogP contribution in [0.2, 0.25) is 0 Å². The number of benzene rings is 1. The minimum Gasteiger partial charge on any atom is -0.466 e. The van der Waals surface area contributed by atoms with Crippen molar-refractivity contribution in [3.63, 3.8) is 0 Å². The van der Waals surface area contributed by atoms with E-state index in [9.17, 15) is 9.59 Å². The Hall–Kier alpha value is -2.12. The maximum atomic E-state index is 12.4. The van der Waals surface area contributed by atoms with E-state index in [0.717, 1.165) is 70.5 Å². The van der Waals surface area contributed by atoms with Gasteiger partial charge in [0.2, 0.25) is 0 Å². The van der Waals surface area contributed by atoms with Gasteiger partial charge >= 0.3 is 12.1 Å². The van der Waals surface area contributed by atoms with Gasteiger partial charge in [0.1, 0.15) is 6.61 Å². The molecule has 7 nitrogen and oxygen atoms in total. The van der Waals surface area contributed by atoms with E-state index < -0.39 is 0 Å². The normalized spacial score (nSPS) is 22.3. The fourth-order valence-corrected chi connectivity index (χ4v) is 5.60. The molecular formula is C26H39N3O4. The highest BCUT2D eigenvalue weighted by Gasteiger charge is 2.34. The lowest BCUT2D eigenvalue weighted by atomic mass is 9.92. The van der Waals surface area contributed by atoms with Crippen LogP contribution in [0, 0.1) is 5.92 Å². The first-order valence-electron chi connectivity index (χ1n) is 12.7. The van der Waals surface area contributed by atoms with Crippen LogP contribution in [0.3, 0.4) is 0 Å². The zero-order valence-electron chi connectivity index (χ0n) is 20.0. The number of esters is 1. The summed E-state index contributed by atoms with van der Waals surface area (Å²) >= 11 is 0. The first kappa shape index (κ1) is 24.0. The summed E-state index contributed by atoms with van der Waals surface area (Å²) < 4.78 is 10.7. The second-order valence-corrected chi connectivity index (χ2v) is 9.59. The van der Waals surface area contributed by atoms with E-state index in [1.165, 1.54) is 12.8 Å². The van der Waals surface area contributed by atoms with Crippen LogP contribution in [0.1, 0.15) is 51.0 Å². The largest absolute Gasteiger partial charge is 0.466 e. The van der Waals surface area contributed by atoms with Gasteiger partial charge in [-0.3, -0.25) is 4.79 Å². The molecule has 3 heterocycles. The molecule has 0 N–H and O–H groups in total. The highest BCUT2D eigenvalue weighted by atomic mass is 16.6. The van der Waals surface area contributed by atoms with Crippen LogP contribution >= 0.6 is 0 Å². The Morgan fingerprint density at radius 3 is 1.91 bits per heavy atom. The Morgan fingerprint density at radius 1 is 0.788 bits per heavy atom. The van der Waals surface area contributed by atoms with Crippen molar-refractivity contribution in [1.82, 2.24) is 14.7 Å². The minimum atomic E-state index is -0.192. The molecule has 0 atom stereocenters. The SMILES string of the molecule is CCOC(=O)C1CCN(C2CCN(C3CCN(C(=O)OCc4ccccc4)CC3)CC2)CC1. The van der Waals surface area contributed by atoms with Gasteiger partial charge in [0.25, 0.3) is 0 Å². The van der Waals surface area contributed by atoms with E-state index in [-0.39, 0.29) is 18.0 Å². The summed E-state index contributed by atoms with van der Waals surface area (Å²) in [6.45, 7) is 8.53. The number of amides is 1. The maximum Gasteiger partial charge on any atom is 0.410 e. The molecule has 0 saturated carbocycles. The number of rotatable bonds is 6. The molecule has 1 aromatic carbocycles. The van der Waals surface area contributed by atoms with Gasteiger partial charge in [0, 0.05) is 25.2 Å². The van der Waals surface area contributed by atoms with Gasteiger partial charge in [-0.1, -0.05) is 30.3 Å². The number of carbonyl (C=O) groups is 2. The van der Waals surface area contributed by atoms with Crippen LogP contribution in [0.25, 0.3) is 0 Å². The lowest BCUT2D eigenvalue weighted by Crippen LogP contribution is -2.53. The number of hydrogen-bond donors (Lipinski definition) is 0. The summed E-state index contributed by atoms with van der Waals surface area (Å²) in [7, 11) is 0. The zero-order valence-corrected chi connectivity index (χ0v) is 20.0. The van der Waals surface area contributed by atoms with Gasteiger partial charge in [-0.25, -0.2) is 4.79 Å². The van der Waals surface area contributed by atoms with E-state index >= 15 is 0 Å². The van der Waals surface area contributed by atoms with Gasteiger partial charge in [0.05, 0.1) is 12.5 Å². The standard InChI is InChI=1S/C26H39N3O4/c1-2-32-25(30)22-8-14-27(15-9-22)23-10-16-28(17-11-23)24-12-18-29(19-13-24)26(31)33-20-21-6-4-3-5-7-21/h3-7,22-24H,2,8-20H2,1H3. The number of piperidine rings is 3. The topological polar surface area (TPSA) is 62.3 Å². The van der Waals surface area contributed by atoms with Gasteiger partial charge in [0.15, 0.2) is 0 Å². The molecule has 0 aromatic heterocycles. The molecule has 0 unspecified atom stereocenters. The van der Waals surface area contributed by atoms with Crippen LogP contribution < -0.4 is 0 Å². The van der Waals surface area contributed by atoms with E-state index in [0.29, 0.717) is 25.3 Å². The minimum absolute atomic E-state index is 0.0118. The summed E-state index contributed by atoms with van der Waals surface area (Å²) in [6, 6.07) is 11.0. The highest BCUT2D eigenvalue weighted by Crippen LogP contribution is 2.27. The van der Waals surface area contributed by atoms with Gasteiger partial charge in [-0.05, 0) is 77.2 Å². The predicted octanol–water partition coefficient (Wildman–Crippen LogP) is 3.53. The van der Waals surface area contributed by atoms with Crippen molar-refractivity contribution in [1.29, 1.82) is 0 Å². The van der Waals surface area contributed by atoms with E-state index in [1.807, 2.05) is 42.2 Å². The summed E-state index contributed by atoms with van der Waals surface area (Å²) in [5.74, 6) is 0.0770. The Morgan fingerprint density at radius 2 is 1.33 bits per heavy atom. The quantitative estimate of drug-likeness (QED) is 0.609. The van der Waals surface area contributed by atoms with Crippen LogP contribution in [0.15, 0.2) is 30.3 Å². The molecule has 0 bridgehead atoms. The first-order valence-corrected chi connectivity index (χ1v) is 12.7. The average molecular weight is 458 g/mol. The third kappa shape index (κ3) is 6.48. The second-order valence-electron chi connectivity index (χ2n) is 9.59. The van der Waals surface area contributed by atoms with Crippen molar-refractivity contribution >= 4 is 12.1 Å². The lowest BCUT2D eigenvalue weighted by molar-refractivity contribution is -0.149. The molecule has 3 aliphatic heterocycles. The summed E-state index contributed by atoms with van der Waals surface area (Å²) in [6.07, 6.45) is 6.11. The molecule has 3 saturated heterocycles. The molecule has 3 fully saturated rings. The lowest BCUT2D eigenvalue weighted by Gasteiger charge is -2.45. The van der Waals surface area contributed by atoms with Crippen molar-refractivity contribution in [3.8, 4) is 0 Å². The van der Waals surface area contributed by atoms with Gasteiger partial charge in [-0.2, -0.15) is 0 Å². The Kier molecular flexibility index (Phi) is 8.62. The number of likely N-dealkylation sites (tertiary alicyclic amines) is 3. The van der Waals surface area contributed by atoms with Crippen LogP contribution in [-0.2, 0) is 20.9 Å². The van der Waals surface area contributed by atoms with Crippen molar-refractivity contribution in [2.45, 2.75) is 64.1 Å². The van der Waals surface area contributed by atoms with Gasteiger partial charge < -0.3 is 24.2 Å². The molecule has 33 heavy (non-hydrogen) atoms. The smallest absolute Gasteiger partial charge is 0.410 e. The number of ether oxygens (including phenoxy) is 2. The fraction of sp³-hybridized carbons (Fsp3) is 0.692. The van der Waals surface area contributed by atoms with Crippen molar-refractivity contribution < 1.29 is 19.1 Å². The Balaban J connectivity index is 1.14. The van der Waals surface area contributed by atoms with Crippen molar-refractivity contribution in [2.24, 2.45) is 5.92 Å². The number of nitrogens with zero attached hydrogens (tertiary/aromatic N) is 3. The molecule has 3 aliphatic rings. The molecule has 1 aromatic rings. The number of hydrogen-bond acceptors (Lipinski definition) is 6. The molecule has 0 radical (unpaired) electrons. The predicted molar refractivity (Wildman–Crippen MR) is 127 cm³/mol. The van der Waals surface area contributed by atoms with E-state index in [2.05, 4.69) is 9.80 Å². The zero-order chi connectivity index (χ0) is 23.0. The summed E-state index contributed by atoms with van der Waals surface area (Å²) in [5, 5.41) is 0. The number of carbonyl (C=O) groups excluding carboxylic acids is 2. The molecule has 7 heteroatoms. The average Bonchev–Trinajstić information content (AvgIpc) is 2.88. The van der Waals surface area contributed by atoms with E-state index in [4.69, 9.17) is 9.47 Å². The van der Waals surface area contributed by atoms with Crippen LogP contribution in [-0.4, -0.2) is 84.7 Å². The maximum absolute atomic E-state index is 12.4. The van der Waals surface area contributed by atoms with Crippen LogP contribution in [0.4, 0.5) is 4.79 Å². The second kappa shape index (κ2) is 11.8. The highest BCUT2D eigenvalue weighted by molar-refractivity contribution is 5.72.